The lowest BCUT2D eigenvalue weighted by Crippen LogP contribution is -2.30. The van der Waals surface area contributed by atoms with Crippen molar-refractivity contribution in [1.29, 1.82) is 0 Å². The number of hydrogen-bond acceptors (Lipinski definition) is 6. The number of Topliss-reactive ketones (excluding diaryl/α,β-unsaturated/α-hetero) is 1. The second-order valence-corrected chi connectivity index (χ2v) is 11.3. The predicted octanol–water partition coefficient (Wildman–Crippen LogP) is 7.38. The Labute approximate surface area is 263 Å². The van der Waals surface area contributed by atoms with E-state index in [0.29, 0.717) is 30.8 Å². The lowest BCUT2D eigenvalue weighted by atomic mass is 10.0. The fraction of sp³-hybridized carbons (Fsp3) is 0.361. The highest BCUT2D eigenvalue weighted by Gasteiger charge is 2.22. The number of nitrogens with one attached hydrogen (secondary N) is 3. The zero-order chi connectivity index (χ0) is 31.9. The van der Waals surface area contributed by atoms with E-state index >= 15 is 0 Å². The maximum absolute atomic E-state index is 13.6. The van der Waals surface area contributed by atoms with Gasteiger partial charge in [0.15, 0.2) is 0 Å². The molecule has 9 nitrogen and oxygen atoms in total. The third-order valence-corrected chi connectivity index (χ3v) is 8.44. The van der Waals surface area contributed by atoms with Crippen LogP contribution >= 0.6 is 0 Å². The number of carbonyl (C=O) groups excluding carboxylic acids is 2. The van der Waals surface area contributed by atoms with Crippen LogP contribution in [-0.4, -0.2) is 48.0 Å². The number of amides is 1. The molecule has 236 valence electrons. The molecular weight excluding hydrogens is 568 g/mol. The molecule has 2 aromatic heterocycles. The number of aryl methyl sites for hydroxylation is 1. The van der Waals surface area contributed by atoms with Crippen LogP contribution in [0.15, 0.2) is 54.7 Å². The van der Waals surface area contributed by atoms with Crippen molar-refractivity contribution in [3.63, 3.8) is 0 Å². The molecule has 0 aliphatic rings. The molecule has 0 aliphatic heterocycles. The molecule has 0 saturated carbocycles. The fourth-order valence-electron chi connectivity index (χ4n) is 5.98. The van der Waals surface area contributed by atoms with Crippen LogP contribution in [0.4, 0.5) is 0 Å². The van der Waals surface area contributed by atoms with Crippen LogP contribution in [0.25, 0.3) is 32.9 Å². The number of nitrogens with zero attached hydrogens (tertiary/aromatic N) is 1. The van der Waals surface area contributed by atoms with Crippen molar-refractivity contribution in [2.24, 2.45) is 0 Å². The Morgan fingerprint density at radius 2 is 1.71 bits per heavy atom. The molecule has 0 radical (unpaired) electrons. The Morgan fingerprint density at radius 1 is 0.911 bits per heavy atom. The molecule has 3 N–H and O–H groups in total. The molecule has 0 saturated heterocycles. The lowest BCUT2D eigenvalue weighted by Gasteiger charge is -2.18. The topological polar surface area (TPSA) is 118 Å². The van der Waals surface area contributed by atoms with E-state index in [2.05, 4.69) is 15.3 Å². The van der Waals surface area contributed by atoms with Crippen LogP contribution in [0.3, 0.4) is 0 Å². The van der Waals surface area contributed by atoms with Gasteiger partial charge in [-0.2, -0.15) is 0 Å². The number of rotatable bonds is 15. The van der Waals surface area contributed by atoms with Crippen LogP contribution in [0.1, 0.15) is 68.6 Å². The first-order valence-corrected chi connectivity index (χ1v) is 15.5. The van der Waals surface area contributed by atoms with Crippen LogP contribution in [0, 0.1) is 6.92 Å². The van der Waals surface area contributed by atoms with Crippen molar-refractivity contribution in [1.82, 2.24) is 20.3 Å². The SMILES string of the molecule is CCC(=O)CCCCC[C@H](NC(=O)Cc1c(C)[nH]c2ccc(OC)cc12)c1ncc(-c2cc(OC)c3ccccc3c2OC)[nH]1. The van der Waals surface area contributed by atoms with Gasteiger partial charge in [0.25, 0.3) is 0 Å². The molecule has 0 unspecified atom stereocenters. The molecule has 45 heavy (non-hydrogen) atoms. The van der Waals surface area contributed by atoms with Gasteiger partial charge in [-0.25, -0.2) is 4.98 Å². The number of imidazole rings is 1. The molecule has 5 rings (SSSR count). The number of aromatic nitrogens is 3. The molecule has 3 aromatic carbocycles. The highest BCUT2D eigenvalue weighted by molar-refractivity contribution is 5.99. The van der Waals surface area contributed by atoms with Gasteiger partial charge in [-0.15, -0.1) is 0 Å². The molecular formula is C36H42N4O5. The van der Waals surface area contributed by atoms with Crippen LogP contribution in [-0.2, 0) is 16.0 Å². The average Bonchev–Trinajstić information content (AvgIpc) is 3.67. The Bertz CT molecular complexity index is 1800. The molecule has 1 amide bonds. The summed E-state index contributed by atoms with van der Waals surface area (Å²) in [6.07, 6.45) is 6.39. The number of methoxy groups -OCH3 is 3. The van der Waals surface area contributed by atoms with E-state index < -0.39 is 0 Å². The van der Waals surface area contributed by atoms with Crippen molar-refractivity contribution in [2.75, 3.05) is 21.3 Å². The van der Waals surface area contributed by atoms with E-state index in [1.165, 1.54) is 0 Å². The molecule has 9 heteroatoms. The van der Waals surface area contributed by atoms with E-state index in [1.54, 1.807) is 27.5 Å². The minimum atomic E-state index is -0.346. The number of hydrogen-bond donors (Lipinski definition) is 3. The molecule has 5 aromatic rings. The lowest BCUT2D eigenvalue weighted by molar-refractivity contribution is -0.121. The summed E-state index contributed by atoms with van der Waals surface area (Å²) in [4.78, 5) is 37.0. The van der Waals surface area contributed by atoms with Gasteiger partial charge in [-0.1, -0.05) is 44.0 Å². The summed E-state index contributed by atoms with van der Waals surface area (Å²) in [7, 11) is 4.95. The molecule has 0 bridgehead atoms. The maximum Gasteiger partial charge on any atom is 0.225 e. The minimum Gasteiger partial charge on any atom is -0.497 e. The number of benzene rings is 3. The normalized spacial score (nSPS) is 11.9. The standard InChI is InChI=1S/C36H42N4O5/c1-6-23(41)12-8-7-9-15-31(39-34(42)20-27-22(2)38-30-17-16-24(43-3)18-28(27)30)36-37-21-32(40-36)29-19-33(44-4)25-13-10-11-14-26(25)35(29)45-5/h10-11,13-14,16-19,21,31,38H,6-9,12,15,20H2,1-5H3,(H,37,40)(H,39,42)/t31-/m0/s1. The number of ether oxygens (including phenoxy) is 3. The van der Waals surface area contributed by atoms with Gasteiger partial charge in [-0.3, -0.25) is 9.59 Å². The summed E-state index contributed by atoms with van der Waals surface area (Å²) < 4.78 is 17.0. The van der Waals surface area contributed by atoms with Gasteiger partial charge in [0, 0.05) is 45.8 Å². The van der Waals surface area contributed by atoms with E-state index in [0.717, 1.165) is 75.0 Å². The number of H-pyrrole nitrogens is 2. The number of fused-ring (bicyclic) bond motifs is 2. The second-order valence-electron chi connectivity index (χ2n) is 11.3. The minimum absolute atomic E-state index is 0.101. The van der Waals surface area contributed by atoms with E-state index in [-0.39, 0.29) is 24.2 Å². The molecule has 0 aliphatic carbocycles. The van der Waals surface area contributed by atoms with Gasteiger partial charge >= 0.3 is 0 Å². The van der Waals surface area contributed by atoms with Crippen LogP contribution < -0.4 is 19.5 Å². The summed E-state index contributed by atoms with van der Waals surface area (Å²) in [6.45, 7) is 3.88. The van der Waals surface area contributed by atoms with Crippen LogP contribution in [0.5, 0.6) is 17.2 Å². The van der Waals surface area contributed by atoms with Crippen LogP contribution in [0.2, 0.25) is 0 Å². The molecule has 0 fully saturated rings. The summed E-state index contributed by atoms with van der Waals surface area (Å²) in [5.41, 5.74) is 4.43. The van der Waals surface area contributed by atoms with Gasteiger partial charge in [0.2, 0.25) is 5.91 Å². The zero-order valence-electron chi connectivity index (χ0n) is 26.7. The van der Waals surface area contributed by atoms with Crippen molar-refractivity contribution in [3.05, 3.63) is 71.8 Å². The number of carbonyl (C=O) groups is 2. The maximum atomic E-state index is 13.6. The highest BCUT2D eigenvalue weighted by atomic mass is 16.5. The Morgan fingerprint density at radius 3 is 2.44 bits per heavy atom. The average molecular weight is 611 g/mol. The molecule has 2 heterocycles. The Kier molecular flexibility index (Phi) is 10.1. The van der Waals surface area contributed by atoms with Gasteiger partial charge in [0.05, 0.1) is 45.7 Å². The number of aromatic amines is 2. The number of unbranched alkanes of at least 4 members (excludes halogenated alkanes) is 2. The number of ketones is 1. The van der Waals surface area contributed by atoms with E-state index in [1.807, 2.05) is 62.4 Å². The van der Waals surface area contributed by atoms with Crippen molar-refractivity contribution >= 4 is 33.4 Å². The summed E-state index contributed by atoms with van der Waals surface area (Å²) in [5.74, 6) is 3.03. The van der Waals surface area contributed by atoms with Gasteiger partial charge in [-0.05, 0) is 49.6 Å². The monoisotopic (exact) mass is 610 g/mol. The van der Waals surface area contributed by atoms with E-state index in [4.69, 9.17) is 19.2 Å². The third kappa shape index (κ3) is 6.98. The smallest absolute Gasteiger partial charge is 0.225 e. The zero-order valence-corrected chi connectivity index (χ0v) is 26.7. The largest absolute Gasteiger partial charge is 0.497 e. The van der Waals surface area contributed by atoms with Gasteiger partial charge < -0.3 is 29.5 Å². The van der Waals surface area contributed by atoms with Crippen molar-refractivity contribution < 1.29 is 23.8 Å². The molecule has 0 spiro atoms. The summed E-state index contributed by atoms with van der Waals surface area (Å²) >= 11 is 0. The second kappa shape index (κ2) is 14.3. The quantitative estimate of drug-likeness (QED) is 0.107. The predicted molar refractivity (Wildman–Crippen MR) is 177 cm³/mol. The van der Waals surface area contributed by atoms with Crippen molar-refractivity contribution in [2.45, 2.75) is 64.8 Å². The first-order valence-electron chi connectivity index (χ1n) is 15.5. The Balaban J connectivity index is 1.41. The first-order chi connectivity index (χ1) is 21.9. The highest BCUT2D eigenvalue weighted by Crippen LogP contribution is 2.41. The van der Waals surface area contributed by atoms with Gasteiger partial charge in [0.1, 0.15) is 28.9 Å². The summed E-state index contributed by atoms with van der Waals surface area (Å²) in [5, 5.41) is 6.11. The fourth-order valence-corrected chi connectivity index (χ4v) is 5.98. The molecule has 1 atom stereocenters. The Hall–Kier alpha value is -4.79. The first kappa shape index (κ1) is 31.6. The van der Waals surface area contributed by atoms with E-state index in [9.17, 15) is 9.59 Å². The van der Waals surface area contributed by atoms with Crippen molar-refractivity contribution in [3.8, 4) is 28.5 Å². The third-order valence-electron chi connectivity index (χ3n) is 8.44. The summed E-state index contributed by atoms with van der Waals surface area (Å²) in [6, 6.07) is 15.4.